The minimum Gasteiger partial charge on any atom is -0.407 e. The lowest BCUT2D eigenvalue weighted by atomic mass is 10.2. The Balaban J connectivity index is 2.11. The van der Waals surface area contributed by atoms with Gasteiger partial charge < -0.3 is 4.74 Å². The van der Waals surface area contributed by atoms with E-state index >= 15 is 0 Å². The number of nitrogens with zero attached hydrogens (tertiary/aromatic N) is 3. The molecule has 1 aromatic heterocycles. The normalized spacial score (nSPS) is 11.7. The lowest BCUT2D eigenvalue weighted by Crippen LogP contribution is -2.25. The van der Waals surface area contributed by atoms with Gasteiger partial charge in [0.2, 0.25) is 17.7 Å². The average Bonchev–Trinajstić information content (AvgIpc) is 3.05. The molecule has 0 saturated carbocycles. The molecule has 2 aromatic carbocycles. The van der Waals surface area contributed by atoms with Crippen LogP contribution in [0.1, 0.15) is 36.8 Å². The van der Waals surface area contributed by atoms with Crippen LogP contribution in [0, 0.1) is 0 Å². The molecule has 0 fully saturated rings. The van der Waals surface area contributed by atoms with Gasteiger partial charge in [0.05, 0.1) is 17.4 Å². The van der Waals surface area contributed by atoms with Gasteiger partial charge in [0.25, 0.3) is 0 Å². The van der Waals surface area contributed by atoms with Crippen molar-refractivity contribution < 1.29 is 19.1 Å². The molecule has 0 aliphatic heterocycles. The third kappa shape index (κ3) is 5.26. The van der Waals surface area contributed by atoms with Crippen LogP contribution in [0.5, 0.6) is 0 Å². The summed E-state index contributed by atoms with van der Waals surface area (Å²) in [6, 6.07) is 16.0. The van der Waals surface area contributed by atoms with Crippen molar-refractivity contribution in [3.63, 3.8) is 0 Å². The fourth-order valence-corrected chi connectivity index (χ4v) is 3.24. The highest BCUT2D eigenvalue weighted by Crippen LogP contribution is 2.23. The Bertz CT molecular complexity index is 1230. The lowest BCUT2D eigenvalue weighted by Gasteiger charge is -2.18. The molecule has 31 heavy (non-hydrogen) atoms. The summed E-state index contributed by atoms with van der Waals surface area (Å²) < 4.78 is 6.75. The second-order valence-electron chi connectivity index (χ2n) is 6.69. The maximum atomic E-state index is 12.3. The highest BCUT2D eigenvalue weighted by molar-refractivity contribution is 6.30. The Kier molecular flexibility index (Phi) is 6.67. The smallest absolute Gasteiger partial charge is 0.309 e. The fourth-order valence-electron chi connectivity index (χ4n) is 3.05. The molecule has 158 valence electrons. The summed E-state index contributed by atoms with van der Waals surface area (Å²) in [5, 5.41) is 6.46. The predicted molar refractivity (Wildman–Crippen MR) is 120 cm³/mol. The first-order valence-corrected chi connectivity index (χ1v) is 9.76. The number of esters is 1. The molecular weight excluding hydrogens is 418 g/mol. The number of ether oxygens (including phenoxy) is 1. The average molecular weight is 438 g/mol. The number of para-hydroxylation sites is 1. The summed E-state index contributed by atoms with van der Waals surface area (Å²) in [6.07, 6.45) is 2.85. The Morgan fingerprint density at radius 2 is 1.77 bits per heavy atom. The van der Waals surface area contributed by atoms with Crippen molar-refractivity contribution in [3.8, 4) is 0 Å². The fraction of sp³-hybridized carbons (Fsp3) is 0.130. The summed E-state index contributed by atoms with van der Waals surface area (Å²) in [5.41, 5.74) is 1.79. The number of carbonyl (C=O) groups is 3. The van der Waals surface area contributed by atoms with E-state index in [2.05, 4.69) is 5.10 Å². The van der Waals surface area contributed by atoms with Crippen LogP contribution < -0.4 is 0 Å². The van der Waals surface area contributed by atoms with Gasteiger partial charge in [-0.3, -0.25) is 19.0 Å². The number of hydrogen-bond donors (Lipinski definition) is 0. The Hall–Kier alpha value is -3.71. The quantitative estimate of drug-likeness (QED) is 0.251. The second kappa shape index (κ2) is 9.40. The molecule has 0 aliphatic rings. The van der Waals surface area contributed by atoms with Gasteiger partial charge in [0.1, 0.15) is 0 Å². The van der Waals surface area contributed by atoms with E-state index in [9.17, 15) is 14.4 Å². The van der Waals surface area contributed by atoms with Crippen molar-refractivity contribution in [2.24, 2.45) is 5.10 Å². The Labute approximate surface area is 184 Å². The van der Waals surface area contributed by atoms with E-state index in [0.29, 0.717) is 21.8 Å². The number of fused-ring (bicyclic) bond motifs is 1. The van der Waals surface area contributed by atoms with Crippen molar-refractivity contribution in [2.45, 2.75) is 20.8 Å². The van der Waals surface area contributed by atoms with Crippen LogP contribution in [0.15, 0.2) is 65.6 Å². The number of benzene rings is 2. The maximum Gasteiger partial charge on any atom is 0.309 e. The molecule has 0 atom stereocenters. The van der Waals surface area contributed by atoms with E-state index in [-0.39, 0.29) is 11.8 Å². The highest BCUT2D eigenvalue weighted by atomic mass is 35.5. The number of hydrazone groups is 1. The Morgan fingerprint density at radius 3 is 2.42 bits per heavy atom. The van der Waals surface area contributed by atoms with Crippen molar-refractivity contribution in [3.05, 3.63) is 76.8 Å². The maximum absolute atomic E-state index is 12.3. The van der Waals surface area contributed by atoms with Crippen LogP contribution in [0.3, 0.4) is 0 Å². The topological polar surface area (TPSA) is 81.0 Å². The summed E-state index contributed by atoms with van der Waals surface area (Å²) in [4.78, 5) is 36.3. The summed E-state index contributed by atoms with van der Waals surface area (Å²) in [6.45, 7) is 3.93. The van der Waals surface area contributed by atoms with E-state index in [0.717, 1.165) is 10.4 Å². The van der Waals surface area contributed by atoms with Crippen LogP contribution >= 0.6 is 11.6 Å². The SMILES string of the molecule is CC(=O)O/C(=C\c1cc2ccccc2n1C(C)=O)N(/N=C\c1cccc(Cl)c1)C(C)=O. The monoisotopic (exact) mass is 437 g/mol. The molecule has 0 N–H and O–H groups in total. The van der Waals surface area contributed by atoms with Crippen molar-refractivity contribution in [1.29, 1.82) is 0 Å². The van der Waals surface area contributed by atoms with E-state index in [1.54, 1.807) is 36.4 Å². The Morgan fingerprint density at radius 1 is 1.03 bits per heavy atom. The van der Waals surface area contributed by atoms with Gasteiger partial charge >= 0.3 is 5.97 Å². The number of hydrogen-bond acceptors (Lipinski definition) is 5. The molecule has 3 aromatic rings. The first-order chi connectivity index (χ1) is 14.8. The van der Waals surface area contributed by atoms with Crippen LogP contribution in [0.4, 0.5) is 0 Å². The number of aromatic nitrogens is 1. The first-order valence-electron chi connectivity index (χ1n) is 9.38. The molecule has 8 heteroatoms. The van der Waals surface area contributed by atoms with Gasteiger partial charge in [-0.25, -0.2) is 0 Å². The zero-order valence-electron chi connectivity index (χ0n) is 17.2. The van der Waals surface area contributed by atoms with Crippen LogP contribution in [0.2, 0.25) is 5.02 Å². The van der Waals surface area contributed by atoms with E-state index in [4.69, 9.17) is 16.3 Å². The van der Waals surface area contributed by atoms with Gasteiger partial charge in [0, 0.05) is 37.3 Å². The summed E-state index contributed by atoms with van der Waals surface area (Å²) in [7, 11) is 0. The molecule has 0 spiro atoms. The highest BCUT2D eigenvalue weighted by Gasteiger charge is 2.19. The molecule has 3 rings (SSSR count). The number of halogens is 1. The van der Waals surface area contributed by atoms with E-state index < -0.39 is 11.9 Å². The van der Waals surface area contributed by atoms with E-state index in [1.807, 2.05) is 18.2 Å². The molecule has 0 bridgehead atoms. The number of rotatable bonds is 5. The minimum absolute atomic E-state index is 0.136. The molecule has 7 nitrogen and oxygen atoms in total. The number of carbonyl (C=O) groups excluding carboxylic acids is 3. The minimum atomic E-state index is -0.638. The molecule has 1 amide bonds. The molecule has 0 saturated heterocycles. The first kappa shape index (κ1) is 22.0. The van der Waals surface area contributed by atoms with Gasteiger partial charge in [-0.1, -0.05) is 41.9 Å². The predicted octanol–water partition coefficient (Wildman–Crippen LogP) is 4.70. The van der Waals surface area contributed by atoms with Crippen molar-refractivity contribution >= 4 is 52.6 Å². The number of amides is 1. The molecular formula is C23H20ClN3O4. The molecule has 0 aliphatic carbocycles. The largest absolute Gasteiger partial charge is 0.407 e. The molecule has 0 unspecified atom stereocenters. The van der Waals surface area contributed by atoms with Crippen LogP contribution in [-0.2, 0) is 14.3 Å². The van der Waals surface area contributed by atoms with E-state index in [1.165, 1.54) is 37.6 Å². The standard InChI is InChI=1S/C23H20ClN3O4/c1-15(28)26-21(12-19-8-4-5-10-22(19)26)13-23(31-17(3)30)27(16(2)29)25-14-18-7-6-9-20(24)11-18/h4-14H,1-3H3/b23-13-,25-14-. The van der Waals surface area contributed by atoms with Gasteiger partial charge in [-0.15, -0.1) is 0 Å². The zero-order valence-corrected chi connectivity index (χ0v) is 18.0. The third-order valence-corrected chi connectivity index (χ3v) is 4.49. The van der Waals surface area contributed by atoms with Crippen molar-refractivity contribution in [2.75, 3.05) is 0 Å². The zero-order chi connectivity index (χ0) is 22.5. The second-order valence-corrected chi connectivity index (χ2v) is 7.13. The van der Waals surface area contributed by atoms with Gasteiger partial charge in [-0.05, 0) is 29.8 Å². The van der Waals surface area contributed by atoms with Crippen LogP contribution in [0.25, 0.3) is 17.0 Å². The van der Waals surface area contributed by atoms with Crippen LogP contribution in [-0.4, -0.2) is 33.6 Å². The molecule has 1 heterocycles. The third-order valence-electron chi connectivity index (χ3n) is 4.25. The van der Waals surface area contributed by atoms with Gasteiger partial charge in [0.15, 0.2) is 0 Å². The summed E-state index contributed by atoms with van der Waals surface area (Å²) in [5.74, 6) is -1.49. The van der Waals surface area contributed by atoms with Crippen molar-refractivity contribution in [1.82, 2.24) is 9.58 Å². The van der Waals surface area contributed by atoms with Gasteiger partial charge in [-0.2, -0.15) is 10.1 Å². The molecule has 0 radical (unpaired) electrons. The lowest BCUT2D eigenvalue weighted by molar-refractivity contribution is -0.142. The summed E-state index contributed by atoms with van der Waals surface area (Å²) >= 11 is 5.99.